The number of hydrogen-bond donors (Lipinski definition) is 2. The van der Waals surface area contributed by atoms with Crippen LogP contribution in [-0.2, 0) is 4.79 Å². The molecule has 6 rings (SSSR count). The maximum absolute atomic E-state index is 13.5. The van der Waals surface area contributed by atoms with E-state index in [1.807, 2.05) is 99.6 Å². The van der Waals surface area contributed by atoms with Crippen molar-refractivity contribution in [1.82, 2.24) is 29.5 Å². The Morgan fingerprint density at radius 3 is 2.27 bits per heavy atom. The van der Waals surface area contributed by atoms with Crippen LogP contribution in [0.25, 0.3) is 22.7 Å². The number of H-pyrrole nitrogens is 1. The minimum atomic E-state index is -0.347. The molecule has 0 bridgehead atoms. The van der Waals surface area contributed by atoms with Crippen LogP contribution < -0.4 is 10.9 Å². The first-order chi connectivity index (χ1) is 19.9. The SMILES string of the molecule is Cc1cc(NC(=O)CC(c2ccccc2)c2ccccc2)n(-c2nc3c(cnn3-c3cccc(C)c3C)c(=O)[nH]2)n1. The Bertz CT molecular complexity index is 1880. The van der Waals surface area contributed by atoms with Gasteiger partial charge in [-0.25, -0.2) is 4.68 Å². The highest BCUT2D eigenvalue weighted by atomic mass is 16.1. The number of nitrogens with one attached hydrogen (secondary N) is 2. The van der Waals surface area contributed by atoms with Crippen LogP contribution in [0.2, 0.25) is 0 Å². The van der Waals surface area contributed by atoms with E-state index in [-0.39, 0.29) is 29.8 Å². The number of nitrogens with zero attached hydrogens (tertiary/aromatic N) is 5. The van der Waals surface area contributed by atoms with Crippen LogP contribution >= 0.6 is 0 Å². The number of rotatable bonds is 7. The van der Waals surface area contributed by atoms with Gasteiger partial charge < -0.3 is 5.32 Å². The van der Waals surface area contributed by atoms with Crippen LogP contribution in [0, 0.1) is 20.8 Å². The lowest BCUT2D eigenvalue weighted by Crippen LogP contribution is -2.20. The largest absolute Gasteiger partial charge is 0.310 e. The average Bonchev–Trinajstić information content (AvgIpc) is 3.57. The zero-order valence-electron chi connectivity index (χ0n) is 23.0. The van der Waals surface area contributed by atoms with E-state index in [1.165, 1.54) is 10.9 Å². The summed E-state index contributed by atoms with van der Waals surface area (Å²) in [5.41, 5.74) is 5.79. The van der Waals surface area contributed by atoms with Crippen molar-refractivity contribution in [2.24, 2.45) is 0 Å². The topological polar surface area (TPSA) is 110 Å². The van der Waals surface area contributed by atoms with Gasteiger partial charge in [-0.05, 0) is 49.1 Å². The van der Waals surface area contributed by atoms with Crippen LogP contribution in [-0.4, -0.2) is 35.4 Å². The maximum Gasteiger partial charge on any atom is 0.263 e. The van der Waals surface area contributed by atoms with Crippen molar-refractivity contribution >= 4 is 22.8 Å². The summed E-state index contributed by atoms with van der Waals surface area (Å²) in [7, 11) is 0. The molecule has 9 nitrogen and oxygen atoms in total. The van der Waals surface area contributed by atoms with E-state index in [0.29, 0.717) is 22.5 Å². The van der Waals surface area contributed by atoms with Gasteiger partial charge in [-0.15, -0.1) is 0 Å². The summed E-state index contributed by atoms with van der Waals surface area (Å²) < 4.78 is 3.11. The molecule has 1 amide bonds. The third kappa shape index (κ3) is 5.05. The summed E-state index contributed by atoms with van der Waals surface area (Å²) in [6.07, 6.45) is 1.73. The van der Waals surface area contributed by atoms with Crippen molar-refractivity contribution in [3.05, 3.63) is 129 Å². The molecule has 0 aliphatic rings. The van der Waals surface area contributed by atoms with E-state index in [1.54, 1.807) is 10.7 Å². The van der Waals surface area contributed by atoms with Gasteiger partial charge in [-0.3, -0.25) is 14.6 Å². The molecular formula is C32H29N7O2. The number of carbonyl (C=O) groups is 1. The van der Waals surface area contributed by atoms with Crippen LogP contribution in [0.4, 0.5) is 5.82 Å². The zero-order chi connectivity index (χ0) is 28.5. The third-order valence-corrected chi connectivity index (χ3v) is 7.32. The summed E-state index contributed by atoms with van der Waals surface area (Å²) >= 11 is 0. The van der Waals surface area contributed by atoms with Crippen molar-refractivity contribution in [3.63, 3.8) is 0 Å². The number of anilines is 1. The molecule has 0 saturated carbocycles. The highest BCUT2D eigenvalue weighted by Crippen LogP contribution is 2.29. The summed E-state index contributed by atoms with van der Waals surface area (Å²) in [4.78, 5) is 34.1. The number of hydrogen-bond acceptors (Lipinski definition) is 5. The van der Waals surface area contributed by atoms with Gasteiger partial charge in [-0.1, -0.05) is 72.8 Å². The van der Waals surface area contributed by atoms with Crippen molar-refractivity contribution < 1.29 is 4.79 Å². The Morgan fingerprint density at radius 1 is 0.902 bits per heavy atom. The van der Waals surface area contributed by atoms with Gasteiger partial charge >= 0.3 is 0 Å². The van der Waals surface area contributed by atoms with E-state index >= 15 is 0 Å². The molecule has 3 aromatic heterocycles. The Morgan fingerprint density at radius 2 is 1.59 bits per heavy atom. The molecule has 9 heteroatoms. The molecule has 2 N–H and O–H groups in total. The van der Waals surface area contributed by atoms with Gasteiger partial charge in [-0.2, -0.15) is 19.9 Å². The van der Waals surface area contributed by atoms with E-state index in [9.17, 15) is 9.59 Å². The predicted molar refractivity (Wildman–Crippen MR) is 159 cm³/mol. The Hall–Kier alpha value is -5.31. The summed E-state index contributed by atoms with van der Waals surface area (Å²) in [6.45, 7) is 5.85. The van der Waals surface area contributed by atoms with Crippen LogP contribution in [0.15, 0.2) is 95.9 Å². The zero-order valence-corrected chi connectivity index (χ0v) is 23.0. The standard InChI is InChI=1S/C32H29N7O2/c1-20-11-10-16-27(22(20)3)38-30-26(19-33-38)31(41)36-32(35-30)39-28(17-21(2)37-39)34-29(40)18-25(23-12-6-4-7-13-23)24-14-8-5-9-15-24/h4-17,19,25H,18H2,1-3H3,(H,34,40)(H,35,36,41). The number of aromatic amines is 1. The van der Waals surface area contributed by atoms with Gasteiger partial charge in [0.2, 0.25) is 11.9 Å². The molecule has 0 atom stereocenters. The van der Waals surface area contributed by atoms with Gasteiger partial charge in [0.15, 0.2) is 5.65 Å². The van der Waals surface area contributed by atoms with Gasteiger partial charge in [0, 0.05) is 18.4 Å². The average molecular weight is 544 g/mol. The monoisotopic (exact) mass is 543 g/mol. The van der Waals surface area contributed by atoms with Crippen molar-refractivity contribution in [3.8, 4) is 11.6 Å². The number of benzene rings is 3. The van der Waals surface area contributed by atoms with Crippen LogP contribution in [0.3, 0.4) is 0 Å². The van der Waals surface area contributed by atoms with Crippen LogP contribution in [0.1, 0.15) is 40.3 Å². The number of carbonyl (C=O) groups excluding carboxylic acids is 1. The lowest BCUT2D eigenvalue weighted by molar-refractivity contribution is -0.116. The number of fused-ring (bicyclic) bond motifs is 1. The fraction of sp³-hybridized carbons (Fsp3) is 0.156. The predicted octanol–water partition coefficient (Wildman–Crippen LogP) is 5.38. The van der Waals surface area contributed by atoms with E-state index in [4.69, 9.17) is 4.98 Å². The Labute approximate surface area is 236 Å². The van der Waals surface area contributed by atoms with Gasteiger partial charge in [0.25, 0.3) is 5.56 Å². The molecule has 41 heavy (non-hydrogen) atoms. The highest BCUT2D eigenvalue weighted by Gasteiger charge is 2.21. The molecule has 0 spiro atoms. The molecule has 0 fully saturated rings. The molecule has 0 unspecified atom stereocenters. The van der Waals surface area contributed by atoms with Gasteiger partial charge in [0.05, 0.1) is 17.6 Å². The number of aryl methyl sites for hydroxylation is 2. The molecule has 0 radical (unpaired) electrons. The molecule has 0 aliphatic carbocycles. The molecule has 3 heterocycles. The van der Waals surface area contributed by atoms with Crippen LogP contribution in [0.5, 0.6) is 0 Å². The first kappa shape index (κ1) is 25.9. The second-order valence-electron chi connectivity index (χ2n) is 10.1. The van der Waals surface area contributed by atoms with Gasteiger partial charge in [0.1, 0.15) is 11.2 Å². The molecule has 0 saturated heterocycles. The summed E-state index contributed by atoms with van der Waals surface area (Å²) in [5.74, 6) is 0.275. The highest BCUT2D eigenvalue weighted by molar-refractivity contribution is 5.91. The molecule has 3 aromatic carbocycles. The third-order valence-electron chi connectivity index (χ3n) is 7.32. The van der Waals surface area contributed by atoms with E-state index in [0.717, 1.165) is 27.9 Å². The minimum absolute atomic E-state index is 0.129. The molecule has 204 valence electrons. The van der Waals surface area contributed by atoms with E-state index in [2.05, 4.69) is 20.5 Å². The Kier molecular flexibility index (Phi) is 6.76. The number of aromatic nitrogens is 6. The molecular weight excluding hydrogens is 514 g/mol. The first-order valence-corrected chi connectivity index (χ1v) is 13.4. The minimum Gasteiger partial charge on any atom is -0.310 e. The lowest BCUT2D eigenvalue weighted by atomic mass is 9.88. The van der Waals surface area contributed by atoms with Crippen molar-refractivity contribution in [2.45, 2.75) is 33.1 Å². The molecule has 6 aromatic rings. The second kappa shape index (κ2) is 10.7. The van der Waals surface area contributed by atoms with Crippen molar-refractivity contribution in [2.75, 3.05) is 5.32 Å². The number of amides is 1. The quantitative estimate of drug-likeness (QED) is 0.281. The Balaban J connectivity index is 1.35. The summed E-state index contributed by atoms with van der Waals surface area (Å²) in [5, 5.41) is 12.4. The molecule has 0 aliphatic heterocycles. The smallest absolute Gasteiger partial charge is 0.263 e. The summed E-state index contributed by atoms with van der Waals surface area (Å²) in [6, 6.07) is 27.6. The maximum atomic E-state index is 13.5. The second-order valence-corrected chi connectivity index (χ2v) is 10.1. The fourth-order valence-corrected chi connectivity index (χ4v) is 5.08. The lowest BCUT2D eigenvalue weighted by Gasteiger charge is -2.18. The normalized spacial score (nSPS) is 11.3. The van der Waals surface area contributed by atoms with Crippen molar-refractivity contribution in [1.29, 1.82) is 0 Å². The van der Waals surface area contributed by atoms with E-state index < -0.39 is 0 Å². The first-order valence-electron chi connectivity index (χ1n) is 13.4. The fourth-order valence-electron chi connectivity index (χ4n) is 5.08.